The molecule has 0 radical (unpaired) electrons. The predicted octanol–water partition coefficient (Wildman–Crippen LogP) is 3.65. The van der Waals surface area contributed by atoms with Gasteiger partial charge in [-0.05, 0) is 24.3 Å². The molecule has 0 fully saturated rings. The number of imidazole rings is 1. The van der Waals surface area contributed by atoms with Crippen molar-refractivity contribution in [2.75, 3.05) is 12.4 Å². The number of para-hydroxylation sites is 1. The third-order valence-corrected chi connectivity index (χ3v) is 4.62. The maximum atomic E-state index is 12.7. The van der Waals surface area contributed by atoms with E-state index in [1.807, 2.05) is 47.8 Å². The summed E-state index contributed by atoms with van der Waals surface area (Å²) in [5.74, 6) is 0.400. The van der Waals surface area contributed by atoms with Crippen molar-refractivity contribution in [1.29, 1.82) is 0 Å². The predicted molar refractivity (Wildman–Crippen MR) is 103 cm³/mol. The van der Waals surface area contributed by atoms with Gasteiger partial charge in [-0.1, -0.05) is 18.2 Å². The number of hydrogen-bond donors (Lipinski definition) is 1. The number of amides is 1. The summed E-state index contributed by atoms with van der Waals surface area (Å²) in [6.07, 6.45) is 4.77. The standard InChI is InChI=1S/C19H15N5O2S/c1-26-14-7-8-15(21-9-14)16-11-27-19(22-16)23-18(25)17-10-20-12-24(17)13-5-3-2-4-6-13/h2-12H,1H3,(H,22,23,25). The molecular formula is C19H15N5O2S. The molecule has 0 saturated heterocycles. The molecule has 4 aromatic rings. The van der Waals surface area contributed by atoms with Crippen LogP contribution in [0.2, 0.25) is 0 Å². The maximum absolute atomic E-state index is 12.7. The Kier molecular flexibility index (Phi) is 4.63. The minimum absolute atomic E-state index is 0.278. The van der Waals surface area contributed by atoms with Crippen molar-refractivity contribution >= 4 is 22.4 Å². The van der Waals surface area contributed by atoms with Gasteiger partial charge in [0.25, 0.3) is 5.91 Å². The molecule has 0 unspecified atom stereocenters. The third-order valence-electron chi connectivity index (χ3n) is 3.86. The van der Waals surface area contributed by atoms with Gasteiger partial charge in [-0.25, -0.2) is 9.97 Å². The van der Waals surface area contributed by atoms with Gasteiger partial charge in [0, 0.05) is 11.1 Å². The minimum atomic E-state index is -0.278. The van der Waals surface area contributed by atoms with Crippen molar-refractivity contribution in [3.05, 3.63) is 72.3 Å². The Morgan fingerprint density at radius 3 is 2.70 bits per heavy atom. The Bertz CT molecular complexity index is 1060. The lowest BCUT2D eigenvalue weighted by Gasteiger charge is -2.07. The van der Waals surface area contributed by atoms with E-state index in [1.54, 1.807) is 24.2 Å². The smallest absolute Gasteiger partial charge is 0.276 e. The van der Waals surface area contributed by atoms with Crippen molar-refractivity contribution in [1.82, 2.24) is 19.5 Å². The van der Waals surface area contributed by atoms with Gasteiger partial charge >= 0.3 is 0 Å². The summed E-state index contributed by atoms with van der Waals surface area (Å²) in [4.78, 5) is 25.5. The van der Waals surface area contributed by atoms with E-state index in [-0.39, 0.29) is 5.91 Å². The molecule has 0 atom stereocenters. The van der Waals surface area contributed by atoms with E-state index in [0.29, 0.717) is 28.0 Å². The fraction of sp³-hybridized carbons (Fsp3) is 0.0526. The third kappa shape index (κ3) is 3.56. The molecule has 3 aromatic heterocycles. The van der Waals surface area contributed by atoms with Crippen LogP contribution in [0.15, 0.2) is 66.6 Å². The lowest BCUT2D eigenvalue weighted by atomic mass is 10.3. The summed E-state index contributed by atoms with van der Waals surface area (Å²) in [6, 6.07) is 13.2. The summed E-state index contributed by atoms with van der Waals surface area (Å²) in [7, 11) is 1.59. The summed E-state index contributed by atoms with van der Waals surface area (Å²) >= 11 is 1.34. The lowest BCUT2D eigenvalue weighted by Crippen LogP contribution is -2.15. The van der Waals surface area contributed by atoms with Gasteiger partial charge in [-0.3, -0.25) is 19.7 Å². The molecule has 0 aliphatic rings. The van der Waals surface area contributed by atoms with Gasteiger partial charge in [-0.15, -0.1) is 11.3 Å². The van der Waals surface area contributed by atoms with Gasteiger partial charge in [0.2, 0.25) is 0 Å². The molecule has 7 nitrogen and oxygen atoms in total. The monoisotopic (exact) mass is 377 g/mol. The largest absolute Gasteiger partial charge is 0.495 e. The van der Waals surface area contributed by atoms with E-state index in [9.17, 15) is 4.79 Å². The van der Waals surface area contributed by atoms with Crippen molar-refractivity contribution < 1.29 is 9.53 Å². The van der Waals surface area contributed by atoms with E-state index in [4.69, 9.17) is 4.74 Å². The lowest BCUT2D eigenvalue weighted by molar-refractivity contribution is 0.102. The van der Waals surface area contributed by atoms with E-state index < -0.39 is 0 Å². The van der Waals surface area contributed by atoms with Crippen molar-refractivity contribution in [3.8, 4) is 22.8 Å². The van der Waals surface area contributed by atoms with Gasteiger partial charge in [0.1, 0.15) is 17.1 Å². The van der Waals surface area contributed by atoms with Crippen molar-refractivity contribution in [2.24, 2.45) is 0 Å². The van der Waals surface area contributed by atoms with Crippen LogP contribution < -0.4 is 10.1 Å². The van der Waals surface area contributed by atoms with Crippen LogP contribution in [0.4, 0.5) is 5.13 Å². The van der Waals surface area contributed by atoms with Gasteiger partial charge in [0.15, 0.2) is 5.13 Å². The second-order valence-corrected chi connectivity index (χ2v) is 6.42. The van der Waals surface area contributed by atoms with Crippen LogP contribution in [0.5, 0.6) is 5.75 Å². The summed E-state index contributed by atoms with van der Waals surface area (Å²) in [5.41, 5.74) is 2.69. The zero-order valence-corrected chi connectivity index (χ0v) is 15.2. The van der Waals surface area contributed by atoms with Crippen molar-refractivity contribution in [2.45, 2.75) is 0 Å². The maximum Gasteiger partial charge on any atom is 0.276 e. The van der Waals surface area contributed by atoms with E-state index in [0.717, 1.165) is 5.69 Å². The molecule has 3 heterocycles. The number of benzene rings is 1. The highest BCUT2D eigenvalue weighted by atomic mass is 32.1. The molecule has 1 N–H and O–H groups in total. The van der Waals surface area contributed by atoms with E-state index in [1.165, 1.54) is 17.5 Å². The molecule has 8 heteroatoms. The molecule has 27 heavy (non-hydrogen) atoms. The number of ether oxygens (including phenoxy) is 1. The second-order valence-electron chi connectivity index (χ2n) is 5.56. The first-order valence-corrected chi connectivity index (χ1v) is 8.97. The number of carbonyl (C=O) groups is 1. The Morgan fingerprint density at radius 1 is 1.11 bits per heavy atom. The van der Waals surface area contributed by atoms with Gasteiger partial charge in [-0.2, -0.15) is 0 Å². The summed E-state index contributed by atoms with van der Waals surface area (Å²) in [5, 5.41) is 5.16. The zero-order valence-electron chi connectivity index (χ0n) is 14.4. The summed E-state index contributed by atoms with van der Waals surface area (Å²) in [6.45, 7) is 0. The fourth-order valence-corrected chi connectivity index (χ4v) is 3.22. The average molecular weight is 377 g/mol. The Morgan fingerprint density at radius 2 is 1.96 bits per heavy atom. The Hall–Kier alpha value is -3.52. The van der Waals surface area contributed by atoms with E-state index in [2.05, 4.69) is 20.3 Å². The average Bonchev–Trinajstić information content (AvgIpc) is 3.38. The number of carbonyl (C=O) groups excluding carboxylic acids is 1. The molecule has 0 aliphatic heterocycles. The first-order chi connectivity index (χ1) is 13.2. The Balaban J connectivity index is 1.53. The first-order valence-electron chi connectivity index (χ1n) is 8.09. The number of thiazole rings is 1. The molecule has 134 valence electrons. The quantitative estimate of drug-likeness (QED) is 0.574. The molecule has 0 aliphatic carbocycles. The first kappa shape index (κ1) is 16.9. The number of rotatable bonds is 5. The summed E-state index contributed by atoms with van der Waals surface area (Å²) < 4.78 is 6.84. The number of anilines is 1. The number of nitrogens with zero attached hydrogens (tertiary/aromatic N) is 4. The molecule has 0 spiro atoms. The Labute approximate surface area is 159 Å². The molecule has 0 bridgehead atoms. The molecule has 0 saturated carbocycles. The second kappa shape index (κ2) is 7.38. The minimum Gasteiger partial charge on any atom is -0.495 e. The molecular weight excluding hydrogens is 362 g/mol. The van der Waals surface area contributed by atoms with Crippen molar-refractivity contribution in [3.63, 3.8) is 0 Å². The van der Waals surface area contributed by atoms with Crippen LogP contribution in [0.3, 0.4) is 0 Å². The van der Waals surface area contributed by atoms with E-state index >= 15 is 0 Å². The van der Waals surface area contributed by atoms with Crippen LogP contribution in [0.1, 0.15) is 10.5 Å². The number of pyridine rings is 1. The van der Waals surface area contributed by atoms with Crippen LogP contribution in [0, 0.1) is 0 Å². The topological polar surface area (TPSA) is 81.9 Å². The zero-order chi connectivity index (χ0) is 18.6. The number of aromatic nitrogens is 4. The number of methoxy groups -OCH3 is 1. The van der Waals surface area contributed by atoms with Gasteiger partial charge in [0.05, 0.1) is 31.5 Å². The van der Waals surface area contributed by atoms with Crippen LogP contribution in [0.25, 0.3) is 17.1 Å². The highest BCUT2D eigenvalue weighted by Crippen LogP contribution is 2.25. The molecule has 4 rings (SSSR count). The molecule has 1 aromatic carbocycles. The van der Waals surface area contributed by atoms with Crippen LogP contribution in [-0.2, 0) is 0 Å². The van der Waals surface area contributed by atoms with Gasteiger partial charge < -0.3 is 4.74 Å². The number of nitrogens with one attached hydrogen (secondary N) is 1. The normalized spacial score (nSPS) is 10.6. The van der Waals surface area contributed by atoms with Crippen LogP contribution >= 0.6 is 11.3 Å². The highest BCUT2D eigenvalue weighted by Gasteiger charge is 2.15. The fourth-order valence-electron chi connectivity index (χ4n) is 2.52. The number of hydrogen-bond acceptors (Lipinski definition) is 6. The molecule has 1 amide bonds. The highest BCUT2D eigenvalue weighted by molar-refractivity contribution is 7.14. The van der Waals surface area contributed by atoms with Crippen LogP contribution in [-0.4, -0.2) is 32.5 Å². The SMILES string of the molecule is COc1ccc(-c2csc(NC(=O)c3cncn3-c3ccccc3)n2)nc1.